The van der Waals surface area contributed by atoms with Crippen LogP contribution in [-0.2, 0) is 9.53 Å². The van der Waals surface area contributed by atoms with Gasteiger partial charge in [-0.1, -0.05) is 11.6 Å². The quantitative estimate of drug-likeness (QED) is 0.829. The Morgan fingerprint density at radius 2 is 2.26 bits per heavy atom. The third-order valence-electron chi connectivity index (χ3n) is 3.59. The third-order valence-corrected chi connectivity index (χ3v) is 3.99. The maximum atomic E-state index is 12.4. The number of hydrogen-bond donors (Lipinski definition) is 2. The molecule has 0 unspecified atom stereocenters. The molecule has 0 aromatic carbocycles. The van der Waals surface area contributed by atoms with E-state index in [-0.39, 0.29) is 5.91 Å². The second-order valence-corrected chi connectivity index (χ2v) is 5.24. The predicted octanol–water partition coefficient (Wildman–Crippen LogP) is 1.74. The van der Waals surface area contributed by atoms with Gasteiger partial charge in [0.05, 0.1) is 17.3 Å². The number of amides is 1. The third kappa shape index (κ3) is 3.05. The fourth-order valence-electron chi connectivity index (χ4n) is 2.18. The highest BCUT2D eigenvalue weighted by Crippen LogP contribution is 2.31. The lowest BCUT2D eigenvalue weighted by atomic mass is 9.79. The summed E-state index contributed by atoms with van der Waals surface area (Å²) in [6.07, 6.45) is 2.85. The number of aromatic nitrogens is 1. The number of anilines is 1. The van der Waals surface area contributed by atoms with Crippen LogP contribution in [0, 0.1) is 12.3 Å². The number of ether oxygens (including phenoxy) is 1. The van der Waals surface area contributed by atoms with Gasteiger partial charge in [0.2, 0.25) is 5.91 Å². The SMILES string of the molecule is Cc1cc(NC(=O)C2(CN)CCOCC2)cnc1Cl. The van der Waals surface area contributed by atoms with Crippen LogP contribution in [0.15, 0.2) is 12.3 Å². The molecule has 0 radical (unpaired) electrons. The van der Waals surface area contributed by atoms with Crippen molar-refractivity contribution in [3.8, 4) is 0 Å². The van der Waals surface area contributed by atoms with E-state index in [1.165, 1.54) is 0 Å². The number of carbonyl (C=O) groups excluding carboxylic acids is 1. The summed E-state index contributed by atoms with van der Waals surface area (Å²) in [5.74, 6) is -0.0678. The van der Waals surface area contributed by atoms with Gasteiger partial charge in [-0.05, 0) is 31.4 Å². The lowest BCUT2D eigenvalue weighted by Crippen LogP contribution is -2.46. The normalized spacial score (nSPS) is 18.1. The number of halogens is 1. The Bertz CT molecular complexity index is 473. The van der Waals surface area contributed by atoms with E-state index in [9.17, 15) is 4.79 Å². The number of carbonyl (C=O) groups is 1. The van der Waals surface area contributed by atoms with Crippen LogP contribution in [0.1, 0.15) is 18.4 Å². The first-order valence-corrected chi connectivity index (χ1v) is 6.67. The number of aryl methyl sites for hydroxylation is 1. The average Bonchev–Trinajstić information content (AvgIpc) is 2.43. The highest BCUT2D eigenvalue weighted by atomic mass is 35.5. The summed E-state index contributed by atoms with van der Waals surface area (Å²) in [6.45, 7) is 3.31. The minimum Gasteiger partial charge on any atom is -0.381 e. The molecule has 5 nitrogen and oxygen atoms in total. The summed E-state index contributed by atoms with van der Waals surface area (Å²) >= 11 is 5.86. The van der Waals surface area contributed by atoms with E-state index in [2.05, 4.69) is 10.3 Å². The van der Waals surface area contributed by atoms with Crippen molar-refractivity contribution in [1.29, 1.82) is 0 Å². The molecule has 6 heteroatoms. The largest absolute Gasteiger partial charge is 0.381 e. The molecule has 0 aliphatic carbocycles. The molecule has 0 atom stereocenters. The summed E-state index contributed by atoms with van der Waals surface area (Å²) < 4.78 is 5.30. The highest BCUT2D eigenvalue weighted by molar-refractivity contribution is 6.30. The Morgan fingerprint density at radius 3 is 2.84 bits per heavy atom. The molecule has 2 rings (SSSR count). The second kappa shape index (κ2) is 5.86. The van der Waals surface area contributed by atoms with Gasteiger partial charge in [-0.3, -0.25) is 4.79 Å². The van der Waals surface area contributed by atoms with E-state index in [1.807, 2.05) is 6.92 Å². The molecule has 3 N–H and O–H groups in total. The van der Waals surface area contributed by atoms with Gasteiger partial charge in [-0.15, -0.1) is 0 Å². The van der Waals surface area contributed by atoms with E-state index >= 15 is 0 Å². The topological polar surface area (TPSA) is 77.2 Å². The first kappa shape index (κ1) is 14.2. The van der Waals surface area contributed by atoms with Crippen molar-refractivity contribution in [3.63, 3.8) is 0 Å². The standard InChI is InChI=1S/C13H18ClN3O2/c1-9-6-10(7-16-11(9)14)17-12(18)13(8-15)2-4-19-5-3-13/h6-7H,2-5,8,15H2,1H3,(H,17,18). The molecule has 1 saturated heterocycles. The Balaban J connectivity index is 2.12. The first-order valence-electron chi connectivity index (χ1n) is 6.29. The lowest BCUT2D eigenvalue weighted by molar-refractivity contribution is -0.130. The van der Waals surface area contributed by atoms with Gasteiger partial charge in [-0.2, -0.15) is 0 Å². The van der Waals surface area contributed by atoms with Crippen LogP contribution >= 0.6 is 11.6 Å². The van der Waals surface area contributed by atoms with Crippen LogP contribution in [0.3, 0.4) is 0 Å². The van der Waals surface area contributed by atoms with E-state index in [0.717, 1.165) is 5.56 Å². The second-order valence-electron chi connectivity index (χ2n) is 4.88. The zero-order valence-corrected chi connectivity index (χ0v) is 11.7. The van der Waals surface area contributed by atoms with Crippen LogP contribution in [0.4, 0.5) is 5.69 Å². The summed E-state index contributed by atoms with van der Waals surface area (Å²) in [4.78, 5) is 16.4. The van der Waals surface area contributed by atoms with E-state index < -0.39 is 5.41 Å². The van der Waals surface area contributed by atoms with Crippen molar-refractivity contribution < 1.29 is 9.53 Å². The van der Waals surface area contributed by atoms with E-state index in [4.69, 9.17) is 22.1 Å². The van der Waals surface area contributed by atoms with E-state index in [0.29, 0.717) is 43.4 Å². The number of hydrogen-bond acceptors (Lipinski definition) is 4. The van der Waals surface area contributed by atoms with Crippen molar-refractivity contribution in [1.82, 2.24) is 4.98 Å². The molecule has 19 heavy (non-hydrogen) atoms. The molecule has 1 aliphatic heterocycles. The van der Waals surface area contributed by atoms with Crippen LogP contribution in [0.25, 0.3) is 0 Å². The van der Waals surface area contributed by atoms with Crippen molar-refractivity contribution in [3.05, 3.63) is 23.0 Å². The van der Waals surface area contributed by atoms with Crippen molar-refractivity contribution in [2.45, 2.75) is 19.8 Å². The fraction of sp³-hybridized carbons (Fsp3) is 0.538. The molecule has 0 saturated carbocycles. The number of nitrogens with two attached hydrogens (primary N) is 1. The number of nitrogens with one attached hydrogen (secondary N) is 1. The average molecular weight is 284 g/mol. The Morgan fingerprint density at radius 1 is 1.58 bits per heavy atom. The molecule has 1 aromatic rings. The van der Waals surface area contributed by atoms with Crippen LogP contribution in [0.5, 0.6) is 0 Å². The van der Waals surface area contributed by atoms with Gasteiger partial charge in [0.15, 0.2) is 0 Å². The monoisotopic (exact) mass is 283 g/mol. The van der Waals surface area contributed by atoms with E-state index in [1.54, 1.807) is 12.3 Å². The summed E-state index contributed by atoms with van der Waals surface area (Å²) in [5.41, 5.74) is 6.73. The van der Waals surface area contributed by atoms with Gasteiger partial charge in [0.1, 0.15) is 5.15 Å². The molecular weight excluding hydrogens is 266 g/mol. The Labute approximate surface area is 117 Å². The summed E-state index contributed by atoms with van der Waals surface area (Å²) in [5, 5.41) is 3.32. The molecule has 0 spiro atoms. The fourth-order valence-corrected chi connectivity index (χ4v) is 2.28. The van der Waals surface area contributed by atoms with Crippen molar-refractivity contribution in [2.75, 3.05) is 25.1 Å². The molecule has 0 bridgehead atoms. The molecular formula is C13H18ClN3O2. The van der Waals surface area contributed by atoms with Crippen LogP contribution in [-0.4, -0.2) is 30.6 Å². The number of rotatable bonds is 3. The molecule has 104 valence electrons. The Kier molecular flexibility index (Phi) is 4.39. The summed E-state index contributed by atoms with van der Waals surface area (Å²) in [6, 6.07) is 1.80. The maximum Gasteiger partial charge on any atom is 0.232 e. The lowest BCUT2D eigenvalue weighted by Gasteiger charge is -2.34. The van der Waals surface area contributed by atoms with Gasteiger partial charge in [0, 0.05) is 19.8 Å². The minimum absolute atomic E-state index is 0.0678. The molecule has 2 heterocycles. The Hall–Kier alpha value is -1.17. The summed E-state index contributed by atoms with van der Waals surface area (Å²) in [7, 11) is 0. The van der Waals surface area contributed by atoms with Gasteiger partial charge in [-0.25, -0.2) is 4.98 Å². The molecule has 1 amide bonds. The predicted molar refractivity (Wildman–Crippen MR) is 74.2 cm³/mol. The zero-order chi connectivity index (χ0) is 13.9. The molecule has 1 aromatic heterocycles. The highest BCUT2D eigenvalue weighted by Gasteiger charge is 2.38. The maximum absolute atomic E-state index is 12.4. The van der Waals surface area contributed by atoms with Gasteiger partial charge < -0.3 is 15.8 Å². The zero-order valence-electron chi connectivity index (χ0n) is 10.9. The first-order chi connectivity index (χ1) is 9.07. The molecule has 1 aliphatic rings. The van der Waals surface area contributed by atoms with Gasteiger partial charge >= 0.3 is 0 Å². The number of nitrogens with zero attached hydrogens (tertiary/aromatic N) is 1. The van der Waals surface area contributed by atoms with Gasteiger partial charge in [0.25, 0.3) is 0 Å². The van der Waals surface area contributed by atoms with Crippen LogP contribution < -0.4 is 11.1 Å². The molecule has 1 fully saturated rings. The minimum atomic E-state index is -0.536. The number of pyridine rings is 1. The smallest absolute Gasteiger partial charge is 0.232 e. The van der Waals surface area contributed by atoms with Crippen LogP contribution in [0.2, 0.25) is 5.15 Å². The van der Waals surface area contributed by atoms with Crippen molar-refractivity contribution in [2.24, 2.45) is 11.1 Å². The van der Waals surface area contributed by atoms with Crippen molar-refractivity contribution >= 4 is 23.2 Å².